The minimum Gasteiger partial charge on any atom is -0.457 e. The number of aromatic nitrogens is 2. The lowest BCUT2D eigenvalue weighted by Gasteiger charge is -2.64. The number of hydrogen-bond donors (Lipinski definition) is 1. The van der Waals surface area contributed by atoms with Gasteiger partial charge in [-0.25, -0.2) is 4.68 Å². The van der Waals surface area contributed by atoms with E-state index in [1.54, 1.807) is 13.8 Å². The summed E-state index contributed by atoms with van der Waals surface area (Å²) in [5.41, 5.74) is 1.11. The summed E-state index contributed by atoms with van der Waals surface area (Å²) in [6.45, 7) is 8.97. The highest BCUT2D eigenvalue weighted by atomic mass is 79.9. The lowest BCUT2D eigenvalue weighted by molar-refractivity contribution is -0.204. The molecule has 0 bridgehead atoms. The van der Waals surface area contributed by atoms with Crippen LogP contribution in [0.3, 0.4) is 0 Å². The second kappa shape index (κ2) is 11.3. The van der Waals surface area contributed by atoms with Crippen LogP contribution in [0.1, 0.15) is 84.4 Å². The third-order valence-electron chi connectivity index (χ3n) is 11.8. The lowest BCUT2D eigenvalue weighted by Crippen LogP contribution is -2.70. The Hall–Kier alpha value is -2.49. The monoisotopic (exact) mass is 700 g/mol. The SMILES string of the molecule is CCC(=O)OCC(=O)[C@@]1(OC(=O)CC)[C@@H](C)C[C@H]2[C@@H]3CCC4=Cc5nn(-c6cccc(Br)c6)cc5C[C@]4(C)[C@@]3(Cl)[C@@H](O)C[C@@]21C. The van der Waals surface area contributed by atoms with Crippen LogP contribution in [0.4, 0.5) is 0 Å². The molecule has 6 rings (SSSR count). The summed E-state index contributed by atoms with van der Waals surface area (Å²) in [7, 11) is 0. The minimum atomic E-state index is -1.54. The number of halogens is 2. The number of Topliss-reactive ketones (excluding diaryl/α,β-unsaturated/α-hetero) is 1. The molecule has 8 atom stereocenters. The summed E-state index contributed by atoms with van der Waals surface area (Å²) < 4.78 is 14.4. The lowest BCUT2D eigenvalue weighted by atomic mass is 9.44. The molecule has 2 aromatic rings. The summed E-state index contributed by atoms with van der Waals surface area (Å²) in [6, 6.07) is 7.99. The molecule has 3 saturated carbocycles. The van der Waals surface area contributed by atoms with E-state index in [2.05, 4.69) is 35.1 Å². The molecule has 0 saturated heterocycles. The molecule has 242 valence electrons. The Morgan fingerprint density at radius 1 is 1.16 bits per heavy atom. The smallest absolute Gasteiger partial charge is 0.306 e. The molecule has 0 unspecified atom stereocenters. The number of fused-ring (bicyclic) bond motifs is 6. The first-order chi connectivity index (χ1) is 21.2. The van der Waals surface area contributed by atoms with Gasteiger partial charge in [-0.05, 0) is 73.8 Å². The molecule has 0 spiro atoms. The summed E-state index contributed by atoms with van der Waals surface area (Å²) in [5.74, 6) is -2.01. The van der Waals surface area contributed by atoms with Crippen LogP contribution in [0, 0.1) is 28.6 Å². The average molecular weight is 702 g/mol. The van der Waals surface area contributed by atoms with Crippen molar-refractivity contribution in [2.24, 2.45) is 28.6 Å². The first-order valence-electron chi connectivity index (χ1n) is 16.1. The third-order valence-corrected chi connectivity index (χ3v) is 13.2. The number of benzene rings is 1. The Balaban J connectivity index is 1.38. The van der Waals surface area contributed by atoms with Crippen molar-refractivity contribution in [2.45, 2.75) is 96.1 Å². The van der Waals surface area contributed by atoms with Gasteiger partial charge in [0.2, 0.25) is 5.78 Å². The molecule has 1 aromatic carbocycles. The van der Waals surface area contributed by atoms with Crippen molar-refractivity contribution >= 4 is 51.3 Å². The second-order valence-electron chi connectivity index (χ2n) is 13.9. The summed E-state index contributed by atoms with van der Waals surface area (Å²) >= 11 is 11.4. The fourth-order valence-electron chi connectivity index (χ4n) is 9.60. The van der Waals surface area contributed by atoms with Crippen LogP contribution >= 0.6 is 27.5 Å². The molecule has 45 heavy (non-hydrogen) atoms. The van der Waals surface area contributed by atoms with E-state index in [4.69, 9.17) is 26.2 Å². The number of aliphatic hydroxyl groups excluding tert-OH is 1. The molecule has 0 aliphatic heterocycles. The molecule has 0 amide bonds. The molecular formula is C35H42BrClN2O6. The Kier molecular flexibility index (Phi) is 8.18. The van der Waals surface area contributed by atoms with Gasteiger partial charge in [0.1, 0.15) is 0 Å². The Morgan fingerprint density at radius 3 is 2.58 bits per heavy atom. The number of nitrogens with zero attached hydrogens (tertiary/aromatic N) is 2. The van der Waals surface area contributed by atoms with Gasteiger partial charge in [-0.2, -0.15) is 5.10 Å². The maximum absolute atomic E-state index is 14.1. The maximum atomic E-state index is 14.1. The highest BCUT2D eigenvalue weighted by Gasteiger charge is 2.76. The number of ketones is 1. The van der Waals surface area contributed by atoms with E-state index in [0.717, 1.165) is 34.3 Å². The zero-order valence-corrected chi connectivity index (χ0v) is 28.9. The summed E-state index contributed by atoms with van der Waals surface area (Å²) in [6.07, 6.45) is 6.39. The van der Waals surface area contributed by atoms with Crippen molar-refractivity contribution in [1.82, 2.24) is 9.78 Å². The van der Waals surface area contributed by atoms with Gasteiger partial charge in [-0.1, -0.05) is 62.2 Å². The summed E-state index contributed by atoms with van der Waals surface area (Å²) in [5, 5.41) is 17.2. The number of alkyl halides is 1. The van der Waals surface area contributed by atoms with Crippen LogP contribution in [0.15, 0.2) is 40.5 Å². The quantitative estimate of drug-likeness (QED) is 0.256. The molecule has 1 heterocycles. The normalized spacial score (nSPS) is 36.6. The first-order valence-corrected chi connectivity index (χ1v) is 17.3. The van der Waals surface area contributed by atoms with Gasteiger partial charge in [-0.3, -0.25) is 14.4 Å². The predicted molar refractivity (Wildman–Crippen MR) is 174 cm³/mol. The highest BCUT2D eigenvalue weighted by Crippen LogP contribution is 2.72. The number of hydrogen-bond acceptors (Lipinski definition) is 7. The largest absolute Gasteiger partial charge is 0.457 e. The van der Waals surface area contributed by atoms with E-state index >= 15 is 0 Å². The number of rotatable bonds is 7. The number of carbonyl (C=O) groups excluding carboxylic acids is 3. The van der Waals surface area contributed by atoms with Gasteiger partial charge >= 0.3 is 11.9 Å². The van der Waals surface area contributed by atoms with Crippen LogP contribution in [0.2, 0.25) is 0 Å². The van der Waals surface area contributed by atoms with Crippen LogP contribution in [-0.2, 0) is 30.3 Å². The van der Waals surface area contributed by atoms with E-state index in [1.165, 1.54) is 5.57 Å². The highest BCUT2D eigenvalue weighted by molar-refractivity contribution is 9.10. The van der Waals surface area contributed by atoms with Crippen LogP contribution < -0.4 is 0 Å². The van der Waals surface area contributed by atoms with Crippen molar-refractivity contribution in [3.05, 3.63) is 51.8 Å². The Morgan fingerprint density at radius 2 is 1.89 bits per heavy atom. The molecule has 1 N–H and O–H groups in total. The fraction of sp³-hybridized carbons (Fsp3) is 0.600. The van der Waals surface area contributed by atoms with Gasteiger partial charge in [0, 0.05) is 40.3 Å². The third kappa shape index (κ3) is 4.61. The van der Waals surface area contributed by atoms with Gasteiger partial charge in [-0.15, -0.1) is 11.6 Å². The van der Waals surface area contributed by atoms with E-state index in [-0.39, 0.29) is 37.0 Å². The van der Waals surface area contributed by atoms with Gasteiger partial charge in [0.25, 0.3) is 0 Å². The molecule has 4 aliphatic rings. The van der Waals surface area contributed by atoms with Crippen molar-refractivity contribution in [1.29, 1.82) is 0 Å². The fourth-order valence-corrected chi connectivity index (χ4v) is 10.5. The Bertz CT molecular complexity index is 1590. The van der Waals surface area contributed by atoms with E-state index in [9.17, 15) is 19.5 Å². The molecule has 0 radical (unpaired) electrons. The number of esters is 2. The van der Waals surface area contributed by atoms with Crippen LogP contribution in [-0.4, -0.2) is 55.8 Å². The van der Waals surface area contributed by atoms with Crippen LogP contribution in [0.25, 0.3) is 11.8 Å². The number of ether oxygens (including phenoxy) is 2. The average Bonchev–Trinajstić information content (AvgIpc) is 3.51. The number of allylic oxidation sites excluding steroid dienone is 1. The topological polar surface area (TPSA) is 108 Å². The van der Waals surface area contributed by atoms with E-state index in [0.29, 0.717) is 12.8 Å². The number of carbonyl (C=O) groups is 3. The van der Waals surface area contributed by atoms with E-state index in [1.807, 2.05) is 42.8 Å². The number of aliphatic hydroxyl groups is 1. The summed E-state index contributed by atoms with van der Waals surface area (Å²) in [4.78, 5) is 38.1. The van der Waals surface area contributed by atoms with Crippen molar-refractivity contribution in [2.75, 3.05) is 6.61 Å². The second-order valence-corrected chi connectivity index (χ2v) is 15.5. The minimum absolute atomic E-state index is 0.102. The van der Waals surface area contributed by atoms with Crippen molar-refractivity contribution in [3.8, 4) is 5.69 Å². The van der Waals surface area contributed by atoms with Gasteiger partial charge in [0.15, 0.2) is 12.2 Å². The maximum Gasteiger partial charge on any atom is 0.306 e. The zero-order chi connectivity index (χ0) is 32.5. The zero-order valence-electron chi connectivity index (χ0n) is 26.6. The van der Waals surface area contributed by atoms with Gasteiger partial charge in [0.05, 0.1) is 22.4 Å². The molecular weight excluding hydrogens is 660 g/mol. The molecule has 8 nitrogen and oxygen atoms in total. The molecule has 3 fully saturated rings. The molecule has 10 heteroatoms. The Labute approximate surface area is 278 Å². The van der Waals surface area contributed by atoms with Crippen molar-refractivity contribution < 1.29 is 29.0 Å². The first kappa shape index (κ1) is 32.5. The predicted octanol–water partition coefficient (Wildman–Crippen LogP) is 6.61. The van der Waals surface area contributed by atoms with Gasteiger partial charge < -0.3 is 14.6 Å². The van der Waals surface area contributed by atoms with Crippen LogP contribution in [0.5, 0.6) is 0 Å². The van der Waals surface area contributed by atoms with E-state index < -0.39 is 51.7 Å². The molecule has 1 aromatic heterocycles. The standard InChI is InChI=1S/C35H42BrClN2O6/c1-6-30(42)44-19-29(41)35(45-31(43)7-2)20(3)13-26-25-12-11-22-14-27-21(18-39(38-27)24-10-8-9-23(36)15-24)16-32(22,4)34(25,37)28(40)17-33(26,35)5/h8-10,14-15,18,20,25-26,28,40H,6-7,11-13,16-17,19H2,1-5H3/t20-,25-,26-,28-,32-,33-,34-,35-/m0/s1. The van der Waals surface area contributed by atoms with Crippen molar-refractivity contribution in [3.63, 3.8) is 0 Å². The molecule has 4 aliphatic carbocycles.